The average Bonchev–Trinajstić information content (AvgIpc) is 2.56. The summed E-state index contributed by atoms with van der Waals surface area (Å²) in [7, 11) is 1.61. The van der Waals surface area contributed by atoms with Crippen LogP contribution in [-0.2, 0) is 11.3 Å². The van der Waals surface area contributed by atoms with Gasteiger partial charge in [0.15, 0.2) is 0 Å². The zero-order chi connectivity index (χ0) is 15.8. The zero-order valence-corrected chi connectivity index (χ0v) is 13.0. The van der Waals surface area contributed by atoms with Crippen molar-refractivity contribution in [3.05, 3.63) is 59.7 Å². The van der Waals surface area contributed by atoms with Crippen LogP contribution in [0.5, 0.6) is 5.75 Å². The first kappa shape index (κ1) is 16.0. The van der Waals surface area contributed by atoms with E-state index in [1.54, 1.807) is 19.2 Å². The SMILES string of the molecule is CCCOCc1cc(C(=O)Nc2ccccc2)ccc1OC. The first-order valence-electron chi connectivity index (χ1n) is 7.35. The summed E-state index contributed by atoms with van der Waals surface area (Å²) in [4.78, 5) is 12.3. The first-order chi connectivity index (χ1) is 10.7. The highest BCUT2D eigenvalue weighted by Crippen LogP contribution is 2.21. The Balaban J connectivity index is 2.13. The Kier molecular flexibility index (Phi) is 5.98. The van der Waals surface area contributed by atoms with Crippen molar-refractivity contribution in [2.75, 3.05) is 19.0 Å². The summed E-state index contributed by atoms with van der Waals surface area (Å²) >= 11 is 0. The van der Waals surface area contributed by atoms with Crippen molar-refractivity contribution in [3.63, 3.8) is 0 Å². The molecule has 116 valence electrons. The Morgan fingerprint density at radius 2 is 1.91 bits per heavy atom. The molecule has 0 unspecified atom stereocenters. The Labute approximate surface area is 131 Å². The first-order valence-corrected chi connectivity index (χ1v) is 7.35. The third kappa shape index (κ3) is 4.33. The molecular formula is C18H21NO3. The summed E-state index contributed by atoms with van der Waals surface area (Å²) in [6.07, 6.45) is 0.955. The number of ether oxygens (including phenoxy) is 2. The molecular weight excluding hydrogens is 278 g/mol. The molecule has 0 saturated carbocycles. The number of hydrogen-bond donors (Lipinski definition) is 1. The quantitative estimate of drug-likeness (QED) is 0.789. The summed E-state index contributed by atoms with van der Waals surface area (Å²) in [5.74, 6) is 0.581. The lowest BCUT2D eigenvalue weighted by molar-refractivity contribution is 0.102. The van der Waals surface area contributed by atoms with Crippen molar-refractivity contribution < 1.29 is 14.3 Å². The number of benzene rings is 2. The number of para-hydroxylation sites is 1. The minimum Gasteiger partial charge on any atom is -0.496 e. The second kappa shape index (κ2) is 8.20. The predicted molar refractivity (Wildman–Crippen MR) is 87.3 cm³/mol. The van der Waals surface area contributed by atoms with Gasteiger partial charge in [0.25, 0.3) is 5.91 Å². The van der Waals surface area contributed by atoms with Gasteiger partial charge in [-0.2, -0.15) is 0 Å². The van der Waals surface area contributed by atoms with Crippen LogP contribution in [0.4, 0.5) is 5.69 Å². The molecule has 0 aliphatic heterocycles. The van der Waals surface area contributed by atoms with E-state index < -0.39 is 0 Å². The maximum Gasteiger partial charge on any atom is 0.255 e. The highest BCUT2D eigenvalue weighted by atomic mass is 16.5. The molecule has 0 aliphatic rings. The van der Waals surface area contributed by atoms with Crippen LogP contribution in [0.15, 0.2) is 48.5 Å². The van der Waals surface area contributed by atoms with Crippen LogP contribution in [0.25, 0.3) is 0 Å². The van der Waals surface area contributed by atoms with Gasteiger partial charge < -0.3 is 14.8 Å². The molecule has 0 spiro atoms. The fourth-order valence-corrected chi connectivity index (χ4v) is 2.08. The van der Waals surface area contributed by atoms with Gasteiger partial charge in [-0.15, -0.1) is 0 Å². The van der Waals surface area contributed by atoms with Crippen LogP contribution < -0.4 is 10.1 Å². The average molecular weight is 299 g/mol. The molecule has 0 aliphatic carbocycles. The van der Waals surface area contributed by atoms with E-state index in [0.29, 0.717) is 18.8 Å². The van der Waals surface area contributed by atoms with Gasteiger partial charge in [-0.1, -0.05) is 25.1 Å². The summed E-state index contributed by atoms with van der Waals surface area (Å²) in [5, 5.41) is 2.87. The van der Waals surface area contributed by atoms with Crippen LogP contribution >= 0.6 is 0 Å². The van der Waals surface area contributed by atoms with E-state index in [2.05, 4.69) is 12.2 Å². The van der Waals surface area contributed by atoms with Crippen molar-refractivity contribution in [2.45, 2.75) is 20.0 Å². The maximum atomic E-state index is 12.3. The third-order valence-electron chi connectivity index (χ3n) is 3.18. The highest BCUT2D eigenvalue weighted by molar-refractivity contribution is 6.04. The van der Waals surface area contributed by atoms with Gasteiger partial charge in [0.1, 0.15) is 5.75 Å². The fraction of sp³-hybridized carbons (Fsp3) is 0.278. The van der Waals surface area contributed by atoms with Crippen LogP contribution in [0.1, 0.15) is 29.3 Å². The van der Waals surface area contributed by atoms with E-state index in [0.717, 1.165) is 23.4 Å². The van der Waals surface area contributed by atoms with E-state index in [9.17, 15) is 4.79 Å². The van der Waals surface area contributed by atoms with Gasteiger partial charge in [0, 0.05) is 23.4 Å². The van der Waals surface area contributed by atoms with E-state index in [4.69, 9.17) is 9.47 Å². The molecule has 0 heterocycles. The Morgan fingerprint density at radius 3 is 2.59 bits per heavy atom. The van der Waals surface area contributed by atoms with Crippen molar-refractivity contribution in [3.8, 4) is 5.75 Å². The molecule has 2 aromatic rings. The monoisotopic (exact) mass is 299 g/mol. The van der Waals surface area contributed by atoms with Gasteiger partial charge in [-0.05, 0) is 36.8 Å². The van der Waals surface area contributed by atoms with Crippen molar-refractivity contribution >= 4 is 11.6 Å². The standard InChI is InChI=1S/C18H21NO3/c1-3-11-22-13-15-12-14(9-10-17(15)21-2)18(20)19-16-7-5-4-6-8-16/h4-10,12H,3,11,13H2,1-2H3,(H,19,20). The third-order valence-corrected chi connectivity index (χ3v) is 3.18. The van der Waals surface area contributed by atoms with Gasteiger partial charge >= 0.3 is 0 Å². The molecule has 2 rings (SSSR count). The Hall–Kier alpha value is -2.33. The fourth-order valence-electron chi connectivity index (χ4n) is 2.08. The topological polar surface area (TPSA) is 47.6 Å². The summed E-state index contributed by atoms with van der Waals surface area (Å²) in [5.41, 5.74) is 2.23. The smallest absolute Gasteiger partial charge is 0.255 e. The van der Waals surface area contributed by atoms with Gasteiger partial charge in [-0.25, -0.2) is 0 Å². The minimum atomic E-state index is -0.148. The second-order valence-electron chi connectivity index (χ2n) is 4.90. The molecule has 4 heteroatoms. The van der Waals surface area contributed by atoms with E-state index in [-0.39, 0.29) is 5.91 Å². The van der Waals surface area contributed by atoms with Gasteiger partial charge in [-0.3, -0.25) is 4.79 Å². The van der Waals surface area contributed by atoms with Crippen molar-refractivity contribution in [1.29, 1.82) is 0 Å². The van der Waals surface area contributed by atoms with Crippen LogP contribution in [0, 0.1) is 0 Å². The maximum absolute atomic E-state index is 12.3. The lowest BCUT2D eigenvalue weighted by atomic mass is 10.1. The minimum absolute atomic E-state index is 0.148. The molecule has 0 fully saturated rings. The zero-order valence-electron chi connectivity index (χ0n) is 13.0. The van der Waals surface area contributed by atoms with Gasteiger partial charge in [0.05, 0.1) is 13.7 Å². The number of amides is 1. The molecule has 0 atom stereocenters. The number of methoxy groups -OCH3 is 1. The molecule has 2 aromatic carbocycles. The van der Waals surface area contributed by atoms with Gasteiger partial charge in [0.2, 0.25) is 0 Å². The van der Waals surface area contributed by atoms with Crippen molar-refractivity contribution in [1.82, 2.24) is 0 Å². The molecule has 0 saturated heterocycles. The second-order valence-corrected chi connectivity index (χ2v) is 4.90. The van der Waals surface area contributed by atoms with Crippen LogP contribution in [-0.4, -0.2) is 19.6 Å². The van der Waals surface area contributed by atoms with Crippen molar-refractivity contribution in [2.24, 2.45) is 0 Å². The number of rotatable bonds is 7. The number of carbonyl (C=O) groups is 1. The predicted octanol–water partition coefficient (Wildman–Crippen LogP) is 3.87. The normalized spacial score (nSPS) is 10.3. The molecule has 0 radical (unpaired) electrons. The molecule has 0 aromatic heterocycles. The Bertz CT molecular complexity index is 611. The Morgan fingerprint density at radius 1 is 1.14 bits per heavy atom. The van der Waals surface area contributed by atoms with E-state index in [1.165, 1.54) is 0 Å². The highest BCUT2D eigenvalue weighted by Gasteiger charge is 2.10. The molecule has 4 nitrogen and oxygen atoms in total. The largest absolute Gasteiger partial charge is 0.496 e. The lowest BCUT2D eigenvalue weighted by Crippen LogP contribution is -2.12. The van der Waals surface area contributed by atoms with Crippen LogP contribution in [0.2, 0.25) is 0 Å². The van der Waals surface area contributed by atoms with E-state index in [1.807, 2.05) is 36.4 Å². The lowest BCUT2D eigenvalue weighted by Gasteiger charge is -2.11. The van der Waals surface area contributed by atoms with E-state index >= 15 is 0 Å². The molecule has 0 bridgehead atoms. The summed E-state index contributed by atoms with van der Waals surface area (Å²) in [6.45, 7) is 3.17. The summed E-state index contributed by atoms with van der Waals surface area (Å²) < 4.78 is 10.9. The number of hydrogen-bond acceptors (Lipinski definition) is 3. The van der Waals surface area contributed by atoms with Crippen LogP contribution in [0.3, 0.4) is 0 Å². The molecule has 22 heavy (non-hydrogen) atoms. The summed E-state index contributed by atoms with van der Waals surface area (Å²) in [6, 6.07) is 14.7. The number of carbonyl (C=O) groups excluding carboxylic acids is 1. The molecule has 1 N–H and O–H groups in total. The molecule has 1 amide bonds. The number of nitrogens with one attached hydrogen (secondary N) is 1. The number of anilines is 1.